The Morgan fingerprint density at radius 3 is 2.62 bits per heavy atom. The lowest BCUT2D eigenvalue weighted by molar-refractivity contribution is -0.122. The van der Waals surface area contributed by atoms with Crippen LogP contribution in [-0.2, 0) is 22.1 Å². The van der Waals surface area contributed by atoms with Crippen molar-refractivity contribution in [1.29, 1.82) is 0 Å². The van der Waals surface area contributed by atoms with Crippen LogP contribution in [0.5, 0.6) is 0 Å². The normalized spacial score (nSPS) is 13.5. The molecule has 5 nitrogen and oxygen atoms in total. The smallest absolute Gasteiger partial charge is 0.242 e. The molecule has 2 aromatic carbocycles. The van der Waals surface area contributed by atoms with E-state index in [9.17, 15) is 9.00 Å². The van der Waals surface area contributed by atoms with Gasteiger partial charge in [0.2, 0.25) is 5.91 Å². The number of carbonyl (C=O) groups is 1. The summed E-state index contributed by atoms with van der Waals surface area (Å²) in [6.07, 6.45) is 3.39. The fourth-order valence-corrected chi connectivity index (χ4v) is 3.41. The maximum absolute atomic E-state index is 12.4. The van der Waals surface area contributed by atoms with E-state index in [0.717, 1.165) is 16.5 Å². The second-order valence-corrected chi connectivity index (χ2v) is 7.11. The topological polar surface area (TPSA) is 64.0 Å². The summed E-state index contributed by atoms with van der Waals surface area (Å²) in [5.41, 5.74) is 1.87. The average Bonchev–Trinajstić information content (AvgIpc) is 2.98. The Bertz CT molecular complexity index is 861. The molecule has 2 atom stereocenters. The average molecular weight is 341 g/mol. The number of hydrogen-bond donors (Lipinski definition) is 1. The van der Waals surface area contributed by atoms with Crippen LogP contribution in [-0.4, -0.2) is 31.9 Å². The lowest BCUT2D eigenvalue weighted by Gasteiger charge is -2.18. The molecule has 0 spiro atoms. The molecular formula is C18H19N3O2S. The van der Waals surface area contributed by atoms with Crippen LogP contribution in [0.4, 0.5) is 0 Å². The van der Waals surface area contributed by atoms with E-state index in [2.05, 4.69) is 10.4 Å². The van der Waals surface area contributed by atoms with Gasteiger partial charge in [0, 0.05) is 28.2 Å². The number of amides is 1. The van der Waals surface area contributed by atoms with Crippen LogP contribution >= 0.6 is 0 Å². The second-order valence-electron chi connectivity index (χ2n) is 5.63. The van der Waals surface area contributed by atoms with Crippen molar-refractivity contribution in [2.45, 2.75) is 12.6 Å². The molecule has 24 heavy (non-hydrogen) atoms. The number of benzene rings is 2. The molecule has 0 aliphatic carbocycles. The third-order valence-corrected chi connectivity index (χ3v) is 4.59. The standard InChI is InChI=1S/C18H19N3O2S/c1-24(23)13-16(14-7-3-2-4-8-14)20-18(22)12-21-17-10-6-5-9-15(17)11-19-21/h2-11,16H,12-13H2,1H3,(H,20,22)/t16-,24-/m0/s1. The molecule has 6 heteroatoms. The molecule has 3 aromatic rings. The number of nitrogens with one attached hydrogen (secondary N) is 1. The molecule has 0 bridgehead atoms. The van der Waals surface area contributed by atoms with Crippen molar-refractivity contribution in [3.63, 3.8) is 0 Å². The highest BCUT2D eigenvalue weighted by atomic mass is 32.2. The Morgan fingerprint density at radius 1 is 1.17 bits per heavy atom. The third kappa shape index (κ3) is 3.89. The van der Waals surface area contributed by atoms with Crippen LogP contribution in [0.2, 0.25) is 0 Å². The zero-order valence-electron chi connectivity index (χ0n) is 13.4. The number of carbonyl (C=O) groups excluding carboxylic acids is 1. The first-order valence-electron chi connectivity index (χ1n) is 7.68. The molecule has 0 fully saturated rings. The molecule has 1 heterocycles. The Kier molecular flexibility index (Phi) is 5.05. The van der Waals surface area contributed by atoms with Gasteiger partial charge in [-0.1, -0.05) is 48.5 Å². The summed E-state index contributed by atoms with van der Waals surface area (Å²) in [6, 6.07) is 17.1. The maximum atomic E-state index is 12.4. The Hall–Kier alpha value is -2.47. The van der Waals surface area contributed by atoms with Crippen molar-refractivity contribution in [2.24, 2.45) is 0 Å². The molecule has 0 saturated carbocycles. The van der Waals surface area contributed by atoms with Gasteiger partial charge in [-0.3, -0.25) is 13.7 Å². The van der Waals surface area contributed by atoms with Crippen molar-refractivity contribution in [3.8, 4) is 0 Å². The SMILES string of the molecule is C[S@](=O)C[C@H](NC(=O)Cn1ncc2ccccc21)c1ccccc1. The fraction of sp³-hybridized carbons (Fsp3) is 0.222. The van der Waals surface area contributed by atoms with Crippen molar-refractivity contribution >= 4 is 27.6 Å². The molecule has 124 valence electrons. The van der Waals surface area contributed by atoms with Gasteiger partial charge >= 0.3 is 0 Å². The number of fused-ring (bicyclic) bond motifs is 1. The van der Waals surface area contributed by atoms with Gasteiger partial charge in [0.1, 0.15) is 6.54 Å². The van der Waals surface area contributed by atoms with Gasteiger partial charge in [0.25, 0.3) is 0 Å². The van der Waals surface area contributed by atoms with Crippen LogP contribution in [0, 0.1) is 0 Å². The third-order valence-electron chi connectivity index (χ3n) is 3.78. The molecule has 0 radical (unpaired) electrons. The van der Waals surface area contributed by atoms with Gasteiger partial charge in [-0.15, -0.1) is 0 Å². The van der Waals surface area contributed by atoms with Crippen molar-refractivity contribution < 1.29 is 9.00 Å². The summed E-state index contributed by atoms with van der Waals surface area (Å²) in [5, 5.41) is 8.25. The minimum Gasteiger partial charge on any atom is -0.347 e. The van der Waals surface area contributed by atoms with Crippen LogP contribution < -0.4 is 5.32 Å². The number of nitrogens with zero attached hydrogens (tertiary/aromatic N) is 2. The first kappa shape index (κ1) is 16.4. The predicted octanol–water partition coefficient (Wildman–Crippen LogP) is 2.27. The van der Waals surface area contributed by atoms with E-state index in [1.165, 1.54) is 0 Å². The van der Waals surface area contributed by atoms with Crippen LogP contribution in [0.3, 0.4) is 0 Å². The lowest BCUT2D eigenvalue weighted by Crippen LogP contribution is -2.34. The molecular weight excluding hydrogens is 322 g/mol. The van der Waals surface area contributed by atoms with E-state index >= 15 is 0 Å². The first-order valence-corrected chi connectivity index (χ1v) is 9.41. The van der Waals surface area contributed by atoms with Crippen LogP contribution in [0.1, 0.15) is 11.6 Å². The van der Waals surface area contributed by atoms with E-state index in [-0.39, 0.29) is 18.5 Å². The van der Waals surface area contributed by atoms with Crippen molar-refractivity contribution in [1.82, 2.24) is 15.1 Å². The van der Waals surface area contributed by atoms with Crippen molar-refractivity contribution in [3.05, 3.63) is 66.4 Å². The largest absolute Gasteiger partial charge is 0.347 e. The maximum Gasteiger partial charge on any atom is 0.242 e. The van der Waals surface area contributed by atoms with E-state index in [0.29, 0.717) is 5.75 Å². The zero-order valence-corrected chi connectivity index (χ0v) is 14.2. The van der Waals surface area contributed by atoms with Gasteiger partial charge in [-0.25, -0.2) is 0 Å². The molecule has 0 saturated heterocycles. The van der Waals surface area contributed by atoms with Crippen LogP contribution in [0.15, 0.2) is 60.8 Å². The van der Waals surface area contributed by atoms with Crippen molar-refractivity contribution in [2.75, 3.05) is 12.0 Å². The summed E-state index contributed by atoms with van der Waals surface area (Å²) in [5.74, 6) is 0.235. The second kappa shape index (κ2) is 7.40. The van der Waals surface area contributed by atoms with Gasteiger partial charge in [0.05, 0.1) is 17.8 Å². The first-order chi connectivity index (χ1) is 11.6. The minimum absolute atomic E-state index is 0.132. The Morgan fingerprint density at radius 2 is 1.88 bits per heavy atom. The van der Waals surface area contributed by atoms with Gasteiger partial charge in [-0.05, 0) is 11.6 Å². The molecule has 0 aliphatic rings. The predicted molar refractivity (Wildman–Crippen MR) is 96.0 cm³/mol. The Balaban J connectivity index is 1.75. The zero-order chi connectivity index (χ0) is 16.9. The minimum atomic E-state index is -1.01. The van der Waals surface area contributed by atoms with Gasteiger partial charge in [0.15, 0.2) is 0 Å². The Labute approximate surface area is 143 Å². The lowest BCUT2D eigenvalue weighted by atomic mass is 10.1. The molecule has 1 aromatic heterocycles. The monoisotopic (exact) mass is 341 g/mol. The number of hydrogen-bond acceptors (Lipinski definition) is 3. The van der Waals surface area contributed by atoms with E-state index < -0.39 is 10.8 Å². The molecule has 3 rings (SSSR count). The van der Waals surface area contributed by atoms with E-state index in [4.69, 9.17) is 0 Å². The number of para-hydroxylation sites is 1. The molecule has 0 aliphatic heterocycles. The van der Waals surface area contributed by atoms with Crippen LogP contribution in [0.25, 0.3) is 10.9 Å². The summed E-state index contributed by atoms with van der Waals surface area (Å²) < 4.78 is 13.3. The van der Waals surface area contributed by atoms with E-state index in [1.807, 2.05) is 54.6 Å². The number of rotatable bonds is 6. The quantitative estimate of drug-likeness (QED) is 0.748. The summed E-state index contributed by atoms with van der Waals surface area (Å²) >= 11 is 0. The molecule has 1 amide bonds. The number of aromatic nitrogens is 2. The molecule has 1 N–H and O–H groups in total. The van der Waals surface area contributed by atoms with E-state index in [1.54, 1.807) is 17.1 Å². The molecule has 0 unspecified atom stereocenters. The highest BCUT2D eigenvalue weighted by Crippen LogP contribution is 2.15. The van der Waals surface area contributed by atoms with Gasteiger partial charge < -0.3 is 5.32 Å². The highest BCUT2D eigenvalue weighted by molar-refractivity contribution is 7.84. The summed E-state index contributed by atoms with van der Waals surface area (Å²) in [4.78, 5) is 12.4. The highest BCUT2D eigenvalue weighted by Gasteiger charge is 2.17. The fourth-order valence-electron chi connectivity index (χ4n) is 2.67. The summed E-state index contributed by atoms with van der Waals surface area (Å²) in [7, 11) is -1.01. The summed E-state index contributed by atoms with van der Waals surface area (Å²) in [6.45, 7) is 0.132. The van der Waals surface area contributed by atoms with Gasteiger partial charge in [-0.2, -0.15) is 5.10 Å².